The summed E-state index contributed by atoms with van der Waals surface area (Å²) in [4.78, 5) is 23.1. The van der Waals surface area contributed by atoms with Crippen LogP contribution in [-0.2, 0) is 9.59 Å². The van der Waals surface area contributed by atoms with Crippen LogP contribution in [0, 0.1) is 0 Å². The molecule has 0 fully saturated rings. The first kappa shape index (κ1) is 16.8. The third kappa shape index (κ3) is 7.68. The first-order valence-electron chi connectivity index (χ1n) is 5.57. The van der Waals surface area contributed by atoms with Crippen LogP contribution in [0.1, 0.15) is 19.8 Å². The highest BCUT2D eigenvalue weighted by atomic mass is 32.2. The summed E-state index contributed by atoms with van der Waals surface area (Å²) in [6, 6.07) is -0.908. The molecule has 0 unspecified atom stereocenters. The van der Waals surface area contributed by atoms with Crippen molar-refractivity contribution in [3.05, 3.63) is 0 Å². The second-order valence-corrected chi connectivity index (χ2v) is 5.81. The van der Waals surface area contributed by atoms with E-state index in [1.54, 1.807) is 23.5 Å². The number of Topliss-reactive ketones (excluding diaryl/α,β-unsaturated/α-hetero) is 1. The fourth-order valence-electron chi connectivity index (χ4n) is 1.27. The molecule has 0 heterocycles. The van der Waals surface area contributed by atoms with E-state index >= 15 is 0 Å². The molecule has 0 aliphatic heterocycles. The lowest BCUT2D eigenvalue weighted by molar-refractivity contribution is -0.127. The lowest BCUT2D eigenvalue weighted by Gasteiger charge is -2.18. The number of ketones is 1. The molecule has 0 aliphatic carbocycles. The minimum Gasteiger partial charge on any atom is -0.345 e. The molecular formula is C11H22N2O2S2. The number of carbonyl (C=O) groups excluding carboxylic acids is 2. The van der Waals surface area contributed by atoms with Crippen molar-refractivity contribution < 1.29 is 9.59 Å². The van der Waals surface area contributed by atoms with E-state index in [0.717, 1.165) is 11.5 Å². The molecule has 0 aromatic carbocycles. The van der Waals surface area contributed by atoms with E-state index in [1.807, 2.05) is 12.5 Å². The number of carbonyl (C=O) groups is 2. The quantitative estimate of drug-likeness (QED) is 0.655. The average molecular weight is 278 g/mol. The van der Waals surface area contributed by atoms with E-state index in [2.05, 4.69) is 5.32 Å². The molecule has 0 aromatic heterocycles. The van der Waals surface area contributed by atoms with Gasteiger partial charge in [0, 0.05) is 0 Å². The summed E-state index contributed by atoms with van der Waals surface area (Å²) in [6.07, 6.45) is 5.25. The zero-order valence-electron chi connectivity index (χ0n) is 10.7. The SMILES string of the molecule is CSCC[C@H](NC(=O)[C@@H](N)CCSC)C(C)=O. The van der Waals surface area contributed by atoms with Crippen molar-refractivity contribution >= 4 is 35.2 Å². The summed E-state index contributed by atoms with van der Waals surface area (Å²) >= 11 is 3.31. The van der Waals surface area contributed by atoms with E-state index in [9.17, 15) is 9.59 Å². The Morgan fingerprint density at radius 1 is 1.18 bits per heavy atom. The minimum absolute atomic E-state index is 0.00975. The highest BCUT2D eigenvalue weighted by Gasteiger charge is 2.20. The standard InChI is InChI=1S/C11H22N2O2S2/c1-8(14)10(5-7-17-3)13-11(15)9(12)4-6-16-2/h9-10H,4-7,12H2,1-3H3,(H,13,15)/t9-,10-/m0/s1. The normalized spacial score (nSPS) is 14.1. The maximum atomic E-state index is 11.7. The maximum absolute atomic E-state index is 11.7. The molecule has 1 amide bonds. The molecule has 0 bridgehead atoms. The van der Waals surface area contributed by atoms with Gasteiger partial charge in [0.05, 0.1) is 12.1 Å². The van der Waals surface area contributed by atoms with Crippen LogP contribution < -0.4 is 11.1 Å². The van der Waals surface area contributed by atoms with Crippen LogP contribution >= 0.6 is 23.5 Å². The molecule has 0 radical (unpaired) electrons. The number of rotatable bonds is 9. The van der Waals surface area contributed by atoms with E-state index in [4.69, 9.17) is 5.73 Å². The van der Waals surface area contributed by atoms with Gasteiger partial charge in [0.2, 0.25) is 5.91 Å². The van der Waals surface area contributed by atoms with Crippen molar-refractivity contribution in [3.63, 3.8) is 0 Å². The van der Waals surface area contributed by atoms with E-state index in [0.29, 0.717) is 12.8 Å². The number of nitrogens with one attached hydrogen (secondary N) is 1. The number of hydrogen-bond donors (Lipinski definition) is 2. The van der Waals surface area contributed by atoms with Crippen LogP contribution in [0.25, 0.3) is 0 Å². The molecule has 4 nitrogen and oxygen atoms in total. The minimum atomic E-state index is -0.515. The monoisotopic (exact) mass is 278 g/mol. The Bertz CT molecular complexity index is 250. The summed E-state index contributed by atoms with van der Waals surface area (Å²) in [5.74, 6) is 1.47. The maximum Gasteiger partial charge on any atom is 0.237 e. The van der Waals surface area contributed by atoms with Crippen molar-refractivity contribution in [2.75, 3.05) is 24.0 Å². The molecule has 0 spiro atoms. The summed E-state index contributed by atoms with van der Waals surface area (Å²) in [6.45, 7) is 1.50. The Labute approximate surface area is 112 Å². The van der Waals surface area contributed by atoms with Gasteiger partial charge in [-0.15, -0.1) is 0 Å². The van der Waals surface area contributed by atoms with Crippen LogP contribution in [-0.4, -0.2) is 47.8 Å². The van der Waals surface area contributed by atoms with Crippen LogP contribution in [0.3, 0.4) is 0 Å². The molecule has 0 aromatic rings. The average Bonchev–Trinajstić information content (AvgIpc) is 2.30. The van der Waals surface area contributed by atoms with Crippen molar-refractivity contribution in [2.45, 2.75) is 31.8 Å². The van der Waals surface area contributed by atoms with E-state index in [1.165, 1.54) is 6.92 Å². The van der Waals surface area contributed by atoms with Gasteiger partial charge in [-0.1, -0.05) is 0 Å². The third-order valence-electron chi connectivity index (χ3n) is 2.39. The highest BCUT2D eigenvalue weighted by molar-refractivity contribution is 7.98. The molecule has 0 aliphatic rings. The van der Waals surface area contributed by atoms with Gasteiger partial charge in [-0.3, -0.25) is 9.59 Å². The zero-order valence-corrected chi connectivity index (χ0v) is 12.3. The van der Waals surface area contributed by atoms with Crippen LogP contribution in [0.2, 0.25) is 0 Å². The first-order valence-corrected chi connectivity index (χ1v) is 8.36. The van der Waals surface area contributed by atoms with Gasteiger partial charge in [-0.05, 0) is 43.8 Å². The number of hydrogen-bond acceptors (Lipinski definition) is 5. The predicted octanol–water partition coefficient (Wildman–Crippen LogP) is 0.894. The zero-order chi connectivity index (χ0) is 13.3. The van der Waals surface area contributed by atoms with Crippen LogP contribution in [0.4, 0.5) is 0 Å². The molecule has 2 atom stereocenters. The van der Waals surface area contributed by atoms with Gasteiger partial charge in [-0.2, -0.15) is 23.5 Å². The summed E-state index contributed by atoms with van der Waals surface area (Å²) in [7, 11) is 0. The summed E-state index contributed by atoms with van der Waals surface area (Å²) < 4.78 is 0. The Morgan fingerprint density at radius 2 is 1.71 bits per heavy atom. The van der Waals surface area contributed by atoms with Crippen LogP contribution in [0.5, 0.6) is 0 Å². The topological polar surface area (TPSA) is 72.2 Å². The molecule has 0 saturated heterocycles. The summed E-state index contributed by atoms with van der Waals surface area (Å²) in [5.41, 5.74) is 5.74. The van der Waals surface area contributed by atoms with Gasteiger partial charge < -0.3 is 11.1 Å². The second kappa shape index (κ2) is 9.79. The Kier molecular flexibility index (Phi) is 9.68. The molecule has 3 N–H and O–H groups in total. The third-order valence-corrected chi connectivity index (χ3v) is 3.68. The van der Waals surface area contributed by atoms with E-state index < -0.39 is 12.1 Å². The lowest BCUT2D eigenvalue weighted by Crippen LogP contribution is -2.48. The Hall–Kier alpha value is -0.200. The largest absolute Gasteiger partial charge is 0.345 e. The van der Waals surface area contributed by atoms with Gasteiger partial charge in [0.15, 0.2) is 5.78 Å². The van der Waals surface area contributed by atoms with Gasteiger partial charge in [0.1, 0.15) is 0 Å². The Balaban J connectivity index is 4.15. The van der Waals surface area contributed by atoms with Gasteiger partial charge in [-0.25, -0.2) is 0 Å². The number of thioether (sulfide) groups is 2. The summed E-state index contributed by atoms with van der Waals surface area (Å²) in [5, 5.41) is 2.72. The van der Waals surface area contributed by atoms with Crippen molar-refractivity contribution in [1.29, 1.82) is 0 Å². The van der Waals surface area contributed by atoms with E-state index in [-0.39, 0.29) is 11.7 Å². The lowest BCUT2D eigenvalue weighted by atomic mass is 10.1. The smallest absolute Gasteiger partial charge is 0.237 e. The van der Waals surface area contributed by atoms with Gasteiger partial charge in [0.25, 0.3) is 0 Å². The predicted molar refractivity (Wildman–Crippen MR) is 76.6 cm³/mol. The van der Waals surface area contributed by atoms with Crippen molar-refractivity contribution in [3.8, 4) is 0 Å². The fourth-order valence-corrected chi connectivity index (χ4v) is 2.23. The second-order valence-electron chi connectivity index (χ2n) is 3.84. The Morgan fingerprint density at radius 3 is 2.18 bits per heavy atom. The fraction of sp³-hybridized carbons (Fsp3) is 0.818. The van der Waals surface area contributed by atoms with Gasteiger partial charge >= 0.3 is 0 Å². The van der Waals surface area contributed by atoms with Crippen molar-refractivity contribution in [2.24, 2.45) is 5.73 Å². The number of nitrogens with two attached hydrogens (primary N) is 1. The molecule has 17 heavy (non-hydrogen) atoms. The molecular weight excluding hydrogens is 256 g/mol. The first-order chi connectivity index (χ1) is 8.02. The molecule has 6 heteroatoms. The molecule has 0 rings (SSSR count). The van der Waals surface area contributed by atoms with Crippen LogP contribution in [0.15, 0.2) is 0 Å². The highest BCUT2D eigenvalue weighted by Crippen LogP contribution is 2.03. The molecule has 0 saturated carbocycles. The molecule has 100 valence electrons. The van der Waals surface area contributed by atoms with Crippen molar-refractivity contribution in [1.82, 2.24) is 5.32 Å². The number of amides is 1.